The summed E-state index contributed by atoms with van der Waals surface area (Å²) in [6, 6.07) is 18.4. The van der Waals surface area contributed by atoms with Crippen molar-refractivity contribution < 1.29 is 9.32 Å². The fraction of sp³-hybridized carbons (Fsp3) is 0.192. The summed E-state index contributed by atoms with van der Waals surface area (Å²) in [6.45, 7) is 5.78. The number of hydrogen-bond acceptors (Lipinski definition) is 6. The van der Waals surface area contributed by atoms with Crippen LogP contribution in [0, 0.1) is 6.92 Å². The normalized spacial score (nSPS) is 11.4. The molecule has 1 amide bonds. The van der Waals surface area contributed by atoms with Crippen molar-refractivity contribution in [3.8, 4) is 11.3 Å². The summed E-state index contributed by atoms with van der Waals surface area (Å²) in [5.41, 5.74) is 3.18. The van der Waals surface area contributed by atoms with Crippen LogP contribution in [0.5, 0.6) is 0 Å². The Bertz CT molecular complexity index is 1570. The summed E-state index contributed by atoms with van der Waals surface area (Å²) in [5.74, 6) is 0.197. The van der Waals surface area contributed by atoms with Crippen molar-refractivity contribution in [2.45, 2.75) is 33.4 Å². The zero-order valence-electron chi connectivity index (χ0n) is 19.1. The molecule has 2 aromatic carbocycles. The highest BCUT2D eigenvalue weighted by molar-refractivity contribution is 6.07. The molecule has 0 saturated carbocycles. The Labute approximate surface area is 195 Å². The number of nitrogens with one attached hydrogen (secondary N) is 1. The Morgan fingerprint density at radius 1 is 1.06 bits per heavy atom. The smallest absolute Gasteiger partial charge is 0.259 e. The van der Waals surface area contributed by atoms with Crippen molar-refractivity contribution in [2.24, 2.45) is 0 Å². The van der Waals surface area contributed by atoms with Crippen LogP contribution < -0.4 is 5.56 Å². The van der Waals surface area contributed by atoms with Crippen LogP contribution in [0.3, 0.4) is 0 Å². The number of fused-ring (bicyclic) bond motifs is 2. The molecule has 0 aliphatic heterocycles. The van der Waals surface area contributed by atoms with Gasteiger partial charge in [0.05, 0.1) is 39.8 Å². The molecule has 1 N–H and O–H groups in total. The maximum absolute atomic E-state index is 13.9. The molecule has 0 atom stereocenters. The molecule has 8 nitrogen and oxygen atoms in total. The molecule has 3 heterocycles. The van der Waals surface area contributed by atoms with Gasteiger partial charge < -0.3 is 14.4 Å². The molecule has 0 unspecified atom stereocenters. The number of aromatic amines is 1. The number of hydrogen-bond donors (Lipinski definition) is 1. The number of aryl methyl sites for hydroxylation is 1. The highest BCUT2D eigenvalue weighted by atomic mass is 16.5. The Morgan fingerprint density at radius 3 is 2.56 bits per heavy atom. The van der Waals surface area contributed by atoms with Crippen molar-refractivity contribution >= 4 is 27.9 Å². The van der Waals surface area contributed by atoms with Crippen LogP contribution in [0.4, 0.5) is 0 Å². The van der Waals surface area contributed by atoms with Gasteiger partial charge in [-0.25, -0.2) is 9.97 Å². The van der Waals surface area contributed by atoms with E-state index >= 15 is 0 Å². The fourth-order valence-electron chi connectivity index (χ4n) is 4.03. The molecular weight excluding hydrogens is 430 g/mol. The number of aromatic nitrogens is 4. The fourth-order valence-corrected chi connectivity index (χ4v) is 4.03. The lowest BCUT2D eigenvalue weighted by atomic mass is 10.0. The average Bonchev–Trinajstić information content (AvgIpc) is 3.22. The minimum atomic E-state index is -0.232. The van der Waals surface area contributed by atoms with Gasteiger partial charge in [0.15, 0.2) is 0 Å². The number of benzene rings is 2. The van der Waals surface area contributed by atoms with Crippen LogP contribution in [-0.2, 0) is 6.54 Å². The Kier molecular flexibility index (Phi) is 5.41. The molecule has 170 valence electrons. The lowest BCUT2D eigenvalue weighted by Crippen LogP contribution is -2.37. The van der Waals surface area contributed by atoms with Gasteiger partial charge in [-0.05, 0) is 39.0 Å². The first-order valence-corrected chi connectivity index (χ1v) is 11.0. The summed E-state index contributed by atoms with van der Waals surface area (Å²) in [7, 11) is 0. The third-order valence-electron chi connectivity index (χ3n) is 5.78. The van der Waals surface area contributed by atoms with Crippen LogP contribution in [0.2, 0.25) is 0 Å². The topological polar surface area (TPSA) is 105 Å². The first-order chi connectivity index (χ1) is 16.4. The molecule has 5 aromatic rings. The van der Waals surface area contributed by atoms with Gasteiger partial charge in [-0.15, -0.1) is 0 Å². The molecular formula is C26H23N5O3. The van der Waals surface area contributed by atoms with Crippen molar-refractivity contribution in [1.29, 1.82) is 0 Å². The lowest BCUT2D eigenvalue weighted by Gasteiger charge is -2.26. The van der Waals surface area contributed by atoms with Crippen LogP contribution in [-0.4, -0.2) is 37.0 Å². The highest BCUT2D eigenvalue weighted by Crippen LogP contribution is 2.28. The van der Waals surface area contributed by atoms with E-state index in [0.29, 0.717) is 44.8 Å². The second-order valence-electron chi connectivity index (χ2n) is 8.43. The van der Waals surface area contributed by atoms with Gasteiger partial charge in [0.25, 0.3) is 17.2 Å². The van der Waals surface area contributed by atoms with Crippen LogP contribution >= 0.6 is 0 Å². The SMILES string of the molecule is Cc1noc2nc(-c3ccccc3)cc(C(=O)N(Cc3nc4ccccc4c(=O)[nH]3)C(C)C)c12. The summed E-state index contributed by atoms with van der Waals surface area (Å²) in [4.78, 5) is 40.1. The van der Waals surface area contributed by atoms with E-state index in [9.17, 15) is 9.59 Å². The van der Waals surface area contributed by atoms with Crippen LogP contribution in [0.25, 0.3) is 33.3 Å². The maximum atomic E-state index is 13.9. The van der Waals surface area contributed by atoms with Crippen LogP contribution in [0.15, 0.2) is 70.0 Å². The summed E-state index contributed by atoms with van der Waals surface area (Å²) < 4.78 is 5.43. The largest absolute Gasteiger partial charge is 0.335 e. The number of pyridine rings is 1. The second kappa shape index (κ2) is 8.55. The molecule has 0 aliphatic rings. The van der Waals surface area contributed by atoms with Gasteiger partial charge in [-0.3, -0.25) is 9.59 Å². The van der Waals surface area contributed by atoms with E-state index in [-0.39, 0.29) is 24.1 Å². The molecule has 0 aliphatic carbocycles. The van der Waals surface area contributed by atoms with Gasteiger partial charge in [0, 0.05) is 11.6 Å². The minimum Gasteiger partial charge on any atom is -0.335 e. The van der Waals surface area contributed by atoms with Gasteiger partial charge in [-0.2, -0.15) is 0 Å². The van der Waals surface area contributed by atoms with E-state index in [1.807, 2.05) is 50.2 Å². The molecule has 0 radical (unpaired) electrons. The average molecular weight is 454 g/mol. The van der Waals surface area contributed by atoms with Crippen LogP contribution in [0.1, 0.15) is 35.7 Å². The van der Waals surface area contributed by atoms with E-state index in [1.165, 1.54) is 0 Å². The Hall–Kier alpha value is -4.33. The van der Waals surface area contributed by atoms with Gasteiger partial charge in [0.1, 0.15) is 5.82 Å². The Balaban J connectivity index is 1.60. The quantitative estimate of drug-likeness (QED) is 0.421. The molecule has 34 heavy (non-hydrogen) atoms. The molecule has 5 rings (SSSR count). The van der Waals surface area contributed by atoms with Gasteiger partial charge in [0.2, 0.25) is 0 Å². The predicted molar refractivity (Wildman–Crippen MR) is 129 cm³/mol. The minimum absolute atomic E-state index is 0.144. The number of nitrogens with zero attached hydrogens (tertiary/aromatic N) is 4. The van der Waals surface area contributed by atoms with Crippen molar-refractivity contribution in [3.63, 3.8) is 0 Å². The predicted octanol–water partition coefficient (Wildman–Crippen LogP) is 4.49. The van der Waals surface area contributed by atoms with E-state index in [0.717, 1.165) is 5.56 Å². The third-order valence-corrected chi connectivity index (χ3v) is 5.78. The molecule has 3 aromatic heterocycles. The standard InChI is InChI=1S/C26H23N5O3/c1-15(2)31(14-22-27-20-12-8-7-11-18(20)24(32)29-22)26(33)19-13-21(17-9-5-4-6-10-17)28-25-23(19)16(3)30-34-25/h4-13,15H,14H2,1-3H3,(H,27,29,32). The number of para-hydroxylation sites is 1. The van der Waals surface area contributed by atoms with E-state index in [1.54, 1.807) is 36.1 Å². The van der Waals surface area contributed by atoms with Gasteiger partial charge >= 0.3 is 0 Å². The number of amides is 1. The first kappa shape index (κ1) is 21.5. The van der Waals surface area contributed by atoms with E-state index < -0.39 is 0 Å². The lowest BCUT2D eigenvalue weighted by molar-refractivity contribution is 0.0687. The third kappa shape index (κ3) is 3.83. The molecule has 0 bridgehead atoms. The Morgan fingerprint density at radius 2 is 1.79 bits per heavy atom. The zero-order valence-corrected chi connectivity index (χ0v) is 19.1. The monoisotopic (exact) mass is 453 g/mol. The molecule has 8 heteroatoms. The highest BCUT2D eigenvalue weighted by Gasteiger charge is 2.26. The molecule has 0 spiro atoms. The van der Waals surface area contributed by atoms with E-state index in [2.05, 4.69) is 20.1 Å². The number of carbonyl (C=O) groups is 1. The zero-order chi connectivity index (χ0) is 23.8. The van der Waals surface area contributed by atoms with Crippen molar-refractivity contribution in [1.82, 2.24) is 25.0 Å². The molecule has 0 fully saturated rings. The van der Waals surface area contributed by atoms with E-state index in [4.69, 9.17) is 4.52 Å². The second-order valence-corrected chi connectivity index (χ2v) is 8.43. The summed E-state index contributed by atoms with van der Waals surface area (Å²) >= 11 is 0. The van der Waals surface area contributed by atoms with Crippen molar-refractivity contribution in [2.75, 3.05) is 0 Å². The summed E-state index contributed by atoms with van der Waals surface area (Å²) in [5, 5.41) is 5.13. The molecule has 0 saturated heterocycles. The number of carbonyl (C=O) groups excluding carboxylic acids is 1. The maximum Gasteiger partial charge on any atom is 0.259 e. The number of rotatable bonds is 5. The van der Waals surface area contributed by atoms with Crippen molar-refractivity contribution in [3.05, 3.63) is 88.1 Å². The number of H-pyrrole nitrogens is 1. The summed E-state index contributed by atoms with van der Waals surface area (Å²) in [6.07, 6.45) is 0. The first-order valence-electron chi connectivity index (χ1n) is 11.0. The van der Waals surface area contributed by atoms with Gasteiger partial charge in [-0.1, -0.05) is 47.6 Å².